The summed E-state index contributed by atoms with van der Waals surface area (Å²) >= 11 is 0. The van der Waals surface area contributed by atoms with Crippen molar-refractivity contribution >= 4 is 6.29 Å². The molecule has 0 aliphatic carbocycles. The molecular formula is C13H18O6. The zero-order chi connectivity index (χ0) is 14.5. The Morgan fingerprint density at radius 2 is 1.74 bits per heavy atom. The van der Waals surface area contributed by atoms with Gasteiger partial charge >= 0.3 is 0 Å². The Morgan fingerprint density at radius 1 is 1.16 bits per heavy atom. The highest BCUT2D eigenvalue weighted by Gasteiger charge is 2.42. The fourth-order valence-electron chi connectivity index (χ4n) is 1.75. The van der Waals surface area contributed by atoms with Crippen LogP contribution in [0.15, 0.2) is 30.3 Å². The maximum absolute atomic E-state index is 11.0. The topological polar surface area (TPSA) is 118 Å². The maximum atomic E-state index is 11.0. The Kier molecular flexibility index (Phi) is 5.59. The molecule has 0 aromatic heterocycles. The number of carbonyl (C=O) groups is 1. The Balaban J connectivity index is 2.87. The predicted octanol–water partition coefficient (Wildman–Crippen LogP) is -1.77. The van der Waals surface area contributed by atoms with Crippen LogP contribution in [0.3, 0.4) is 0 Å². The van der Waals surface area contributed by atoms with Crippen molar-refractivity contribution in [2.45, 2.75) is 30.3 Å². The van der Waals surface area contributed by atoms with E-state index in [-0.39, 0.29) is 12.7 Å². The lowest BCUT2D eigenvalue weighted by atomic mass is 9.86. The molecule has 0 unspecified atom stereocenters. The standard InChI is InChI=1S/C13H18O6/c14-7-10(16)11(17)12(18)13(19,8-15)6-9-4-2-1-3-5-9/h1-5,8,10-12,14,16-19H,6-7H2/t10-,11-,12+,13+/m1/s1. The second-order valence-electron chi connectivity index (χ2n) is 4.46. The Morgan fingerprint density at radius 3 is 2.21 bits per heavy atom. The van der Waals surface area contributed by atoms with Crippen LogP contribution < -0.4 is 0 Å². The van der Waals surface area contributed by atoms with Crippen molar-refractivity contribution in [2.24, 2.45) is 0 Å². The lowest BCUT2D eigenvalue weighted by Crippen LogP contribution is -2.55. The van der Waals surface area contributed by atoms with E-state index in [2.05, 4.69) is 0 Å². The molecule has 0 heterocycles. The van der Waals surface area contributed by atoms with E-state index in [0.29, 0.717) is 5.56 Å². The van der Waals surface area contributed by atoms with E-state index in [4.69, 9.17) is 5.11 Å². The first-order valence-corrected chi connectivity index (χ1v) is 5.82. The van der Waals surface area contributed by atoms with Crippen molar-refractivity contribution in [1.82, 2.24) is 0 Å². The van der Waals surface area contributed by atoms with Gasteiger partial charge in [0.1, 0.15) is 18.3 Å². The van der Waals surface area contributed by atoms with Crippen LogP contribution in [-0.4, -0.2) is 62.3 Å². The van der Waals surface area contributed by atoms with E-state index < -0.39 is 30.5 Å². The van der Waals surface area contributed by atoms with E-state index in [1.54, 1.807) is 30.3 Å². The number of rotatable bonds is 7. The van der Waals surface area contributed by atoms with Gasteiger partial charge in [0, 0.05) is 6.42 Å². The van der Waals surface area contributed by atoms with Gasteiger partial charge in [-0.2, -0.15) is 0 Å². The first-order valence-electron chi connectivity index (χ1n) is 5.82. The van der Waals surface area contributed by atoms with Crippen LogP contribution in [0.5, 0.6) is 0 Å². The minimum atomic E-state index is -2.24. The van der Waals surface area contributed by atoms with Gasteiger partial charge in [0.2, 0.25) is 0 Å². The van der Waals surface area contributed by atoms with Gasteiger partial charge in [0.05, 0.1) is 6.61 Å². The van der Waals surface area contributed by atoms with E-state index in [1.807, 2.05) is 0 Å². The van der Waals surface area contributed by atoms with Gasteiger partial charge in [-0.1, -0.05) is 30.3 Å². The fourth-order valence-corrected chi connectivity index (χ4v) is 1.75. The number of aliphatic hydroxyl groups excluding tert-OH is 4. The van der Waals surface area contributed by atoms with Crippen LogP contribution in [0.2, 0.25) is 0 Å². The third-order valence-corrected chi connectivity index (χ3v) is 2.95. The van der Waals surface area contributed by atoms with Crippen molar-refractivity contribution in [1.29, 1.82) is 0 Å². The van der Waals surface area contributed by atoms with Gasteiger partial charge < -0.3 is 30.3 Å². The van der Waals surface area contributed by atoms with Gasteiger partial charge in [0.25, 0.3) is 0 Å². The Hall–Kier alpha value is -1.31. The first kappa shape index (κ1) is 15.7. The summed E-state index contributed by atoms with van der Waals surface area (Å²) in [5.74, 6) is 0. The van der Waals surface area contributed by atoms with Crippen molar-refractivity contribution in [3.63, 3.8) is 0 Å². The highest BCUT2D eigenvalue weighted by atomic mass is 16.4. The van der Waals surface area contributed by atoms with Crippen molar-refractivity contribution in [2.75, 3.05) is 6.61 Å². The molecule has 0 bridgehead atoms. The van der Waals surface area contributed by atoms with Gasteiger partial charge in [-0.3, -0.25) is 0 Å². The average molecular weight is 270 g/mol. The second-order valence-corrected chi connectivity index (χ2v) is 4.46. The monoisotopic (exact) mass is 270 g/mol. The number of aldehydes is 1. The Labute approximate surface area is 110 Å². The molecular weight excluding hydrogens is 252 g/mol. The van der Waals surface area contributed by atoms with Crippen LogP contribution in [0.1, 0.15) is 5.56 Å². The second kappa shape index (κ2) is 6.74. The van der Waals surface area contributed by atoms with E-state index in [0.717, 1.165) is 0 Å². The van der Waals surface area contributed by atoms with Crippen LogP contribution >= 0.6 is 0 Å². The average Bonchev–Trinajstić information content (AvgIpc) is 2.45. The zero-order valence-corrected chi connectivity index (χ0v) is 10.3. The van der Waals surface area contributed by atoms with Crippen LogP contribution in [0.4, 0.5) is 0 Å². The summed E-state index contributed by atoms with van der Waals surface area (Å²) in [5, 5.41) is 47.4. The van der Waals surface area contributed by atoms with Gasteiger partial charge in [-0.15, -0.1) is 0 Å². The molecule has 0 aliphatic heterocycles. The molecule has 0 fully saturated rings. The van der Waals surface area contributed by atoms with Crippen molar-refractivity contribution in [3.8, 4) is 0 Å². The molecule has 0 aliphatic rings. The van der Waals surface area contributed by atoms with E-state index in [1.165, 1.54) is 0 Å². The zero-order valence-electron chi connectivity index (χ0n) is 10.3. The minimum Gasteiger partial charge on any atom is -0.394 e. The normalized spacial score (nSPS) is 19.2. The molecule has 0 saturated carbocycles. The largest absolute Gasteiger partial charge is 0.394 e. The molecule has 1 aromatic carbocycles. The van der Waals surface area contributed by atoms with Crippen LogP contribution in [0.25, 0.3) is 0 Å². The lowest BCUT2D eigenvalue weighted by Gasteiger charge is -2.32. The summed E-state index contributed by atoms with van der Waals surface area (Å²) in [5.41, 5.74) is -1.65. The summed E-state index contributed by atoms with van der Waals surface area (Å²) in [6.45, 7) is -0.793. The molecule has 19 heavy (non-hydrogen) atoms. The molecule has 1 aromatic rings. The number of aliphatic hydroxyl groups is 5. The number of carbonyl (C=O) groups excluding carboxylic acids is 1. The number of hydrogen-bond donors (Lipinski definition) is 5. The first-order chi connectivity index (χ1) is 8.94. The summed E-state index contributed by atoms with van der Waals surface area (Å²) in [4.78, 5) is 11.0. The molecule has 4 atom stereocenters. The molecule has 1 rings (SSSR count). The minimum absolute atomic E-state index is 0.123. The number of hydrogen-bond acceptors (Lipinski definition) is 6. The molecule has 0 spiro atoms. The van der Waals surface area contributed by atoms with Crippen molar-refractivity contribution in [3.05, 3.63) is 35.9 Å². The van der Waals surface area contributed by atoms with Crippen molar-refractivity contribution < 1.29 is 30.3 Å². The predicted molar refractivity (Wildman–Crippen MR) is 66.3 cm³/mol. The molecule has 5 N–H and O–H groups in total. The van der Waals surface area contributed by atoms with Crippen LogP contribution in [0, 0.1) is 0 Å². The molecule has 0 amide bonds. The molecule has 106 valence electrons. The highest BCUT2D eigenvalue weighted by Crippen LogP contribution is 2.19. The molecule has 0 saturated heterocycles. The number of benzene rings is 1. The maximum Gasteiger partial charge on any atom is 0.154 e. The van der Waals surface area contributed by atoms with E-state index in [9.17, 15) is 25.2 Å². The summed E-state index contributed by atoms with van der Waals surface area (Å²) in [6, 6.07) is 8.45. The lowest BCUT2D eigenvalue weighted by molar-refractivity contribution is -0.164. The smallest absolute Gasteiger partial charge is 0.154 e. The van der Waals surface area contributed by atoms with Gasteiger partial charge in [-0.05, 0) is 5.56 Å². The summed E-state index contributed by atoms with van der Waals surface area (Å²) in [7, 11) is 0. The van der Waals surface area contributed by atoms with Gasteiger partial charge in [-0.25, -0.2) is 0 Å². The molecule has 0 radical (unpaired) electrons. The highest BCUT2D eigenvalue weighted by molar-refractivity contribution is 5.64. The Bertz CT molecular complexity index is 395. The fraction of sp³-hybridized carbons (Fsp3) is 0.462. The molecule has 6 nitrogen and oxygen atoms in total. The SMILES string of the molecule is O=C[C@@](O)(Cc1ccccc1)[C@@H](O)[C@H](O)[C@H](O)CO. The summed E-state index contributed by atoms with van der Waals surface area (Å²) in [6.07, 6.45) is -5.47. The summed E-state index contributed by atoms with van der Waals surface area (Å²) < 4.78 is 0. The third-order valence-electron chi connectivity index (χ3n) is 2.95. The third kappa shape index (κ3) is 3.82. The molecule has 6 heteroatoms. The van der Waals surface area contributed by atoms with E-state index >= 15 is 0 Å². The van der Waals surface area contributed by atoms with Crippen LogP contribution in [-0.2, 0) is 11.2 Å². The van der Waals surface area contributed by atoms with Gasteiger partial charge in [0.15, 0.2) is 11.9 Å². The quantitative estimate of drug-likeness (QED) is 0.374.